The first-order valence-electron chi connectivity index (χ1n) is 10.1. The summed E-state index contributed by atoms with van der Waals surface area (Å²) in [4.78, 5) is 21.5. The van der Waals surface area contributed by atoms with Crippen LogP contribution in [0.3, 0.4) is 0 Å². The summed E-state index contributed by atoms with van der Waals surface area (Å²) < 4.78 is 1.82. The van der Waals surface area contributed by atoms with Crippen molar-refractivity contribution in [1.29, 1.82) is 0 Å². The van der Waals surface area contributed by atoms with Crippen molar-refractivity contribution in [3.63, 3.8) is 0 Å². The molecule has 0 aromatic carbocycles. The van der Waals surface area contributed by atoms with Gasteiger partial charge in [-0.05, 0) is 51.0 Å². The van der Waals surface area contributed by atoms with Crippen LogP contribution in [-0.4, -0.2) is 37.3 Å². The minimum absolute atomic E-state index is 0.0714. The molecule has 0 spiro atoms. The van der Waals surface area contributed by atoms with Crippen LogP contribution in [0.25, 0.3) is 5.78 Å². The smallest absolute Gasteiger partial charge is 0.253 e. The summed E-state index contributed by atoms with van der Waals surface area (Å²) in [5.74, 6) is 1.61. The first-order valence-corrected chi connectivity index (χ1v) is 11.1. The van der Waals surface area contributed by atoms with Crippen LogP contribution in [0.15, 0.2) is 5.16 Å². The number of hydrogen-bond donors (Lipinski definition) is 1. The third-order valence-corrected chi connectivity index (χ3v) is 6.44. The Morgan fingerprint density at radius 1 is 1.26 bits per heavy atom. The molecule has 2 aromatic heterocycles. The van der Waals surface area contributed by atoms with Crippen molar-refractivity contribution in [3.8, 4) is 0 Å². The van der Waals surface area contributed by atoms with E-state index in [0.29, 0.717) is 28.6 Å². The van der Waals surface area contributed by atoms with E-state index in [-0.39, 0.29) is 5.91 Å². The SMILES string of the molecule is CCCCc1c(C)nc2nc(SCC(=O)N[C@@H]3CCCC[C@@H]3C)nn2c1C. The summed E-state index contributed by atoms with van der Waals surface area (Å²) in [5.41, 5.74) is 3.39. The second-order valence-electron chi connectivity index (χ2n) is 7.70. The third-order valence-electron chi connectivity index (χ3n) is 5.60. The number of thioether (sulfide) groups is 1. The van der Waals surface area contributed by atoms with E-state index in [0.717, 1.165) is 37.1 Å². The van der Waals surface area contributed by atoms with Gasteiger partial charge in [-0.2, -0.15) is 4.98 Å². The Morgan fingerprint density at radius 3 is 2.78 bits per heavy atom. The van der Waals surface area contributed by atoms with Gasteiger partial charge in [0, 0.05) is 17.4 Å². The summed E-state index contributed by atoms with van der Waals surface area (Å²) in [6.45, 7) is 8.54. The zero-order chi connectivity index (χ0) is 19.4. The minimum Gasteiger partial charge on any atom is -0.352 e. The Labute approximate surface area is 165 Å². The highest BCUT2D eigenvalue weighted by molar-refractivity contribution is 7.99. The lowest BCUT2D eigenvalue weighted by Crippen LogP contribution is -2.41. The number of unbranched alkanes of at least 4 members (excludes halogenated alkanes) is 1. The number of carbonyl (C=O) groups excluding carboxylic acids is 1. The van der Waals surface area contributed by atoms with Gasteiger partial charge in [-0.25, -0.2) is 9.50 Å². The molecule has 27 heavy (non-hydrogen) atoms. The first-order chi connectivity index (χ1) is 13.0. The lowest BCUT2D eigenvalue weighted by molar-refractivity contribution is -0.119. The van der Waals surface area contributed by atoms with Gasteiger partial charge in [-0.15, -0.1) is 5.10 Å². The van der Waals surface area contributed by atoms with E-state index >= 15 is 0 Å². The van der Waals surface area contributed by atoms with Crippen molar-refractivity contribution in [2.75, 3.05) is 5.75 Å². The molecule has 0 radical (unpaired) electrons. The fourth-order valence-corrected chi connectivity index (χ4v) is 4.50. The molecule has 2 aromatic rings. The molecule has 3 rings (SSSR count). The number of hydrogen-bond acceptors (Lipinski definition) is 5. The zero-order valence-corrected chi connectivity index (χ0v) is 17.7. The number of nitrogens with zero attached hydrogens (tertiary/aromatic N) is 4. The predicted molar refractivity (Wildman–Crippen MR) is 109 cm³/mol. The number of aromatic nitrogens is 4. The molecule has 0 unspecified atom stereocenters. The number of carbonyl (C=O) groups is 1. The number of aryl methyl sites for hydroxylation is 2. The molecule has 148 valence electrons. The molecule has 2 atom stereocenters. The molecule has 2 heterocycles. The maximum Gasteiger partial charge on any atom is 0.253 e. The van der Waals surface area contributed by atoms with E-state index in [2.05, 4.69) is 41.2 Å². The molecule has 1 N–H and O–H groups in total. The number of nitrogens with one attached hydrogen (secondary N) is 1. The second kappa shape index (κ2) is 9.04. The second-order valence-corrected chi connectivity index (χ2v) is 8.64. The van der Waals surface area contributed by atoms with E-state index in [9.17, 15) is 4.79 Å². The van der Waals surface area contributed by atoms with Gasteiger partial charge in [0.25, 0.3) is 5.78 Å². The molecule has 6 nitrogen and oxygen atoms in total. The Balaban J connectivity index is 1.65. The summed E-state index contributed by atoms with van der Waals surface area (Å²) in [6.07, 6.45) is 8.10. The highest BCUT2D eigenvalue weighted by atomic mass is 32.2. The van der Waals surface area contributed by atoms with E-state index in [1.807, 2.05) is 11.4 Å². The van der Waals surface area contributed by atoms with E-state index in [4.69, 9.17) is 0 Å². The van der Waals surface area contributed by atoms with Crippen molar-refractivity contribution in [2.24, 2.45) is 5.92 Å². The van der Waals surface area contributed by atoms with Gasteiger partial charge in [-0.3, -0.25) is 4.79 Å². The Hall–Kier alpha value is -1.63. The van der Waals surface area contributed by atoms with Crippen molar-refractivity contribution < 1.29 is 4.79 Å². The molecule has 0 bridgehead atoms. The van der Waals surface area contributed by atoms with Crippen molar-refractivity contribution in [3.05, 3.63) is 17.0 Å². The normalized spacial score (nSPS) is 20.1. The Morgan fingerprint density at radius 2 is 2.04 bits per heavy atom. The molecule has 7 heteroatoms. The van der Waals surface area contributed by atoms with Crippen LogP contribution in [0.1, 0.15) is 69.3 Å². The van der Waals surface area contributed by atoms with Crippen molar-refractivity contribution in [2.45, 2.75) is 83.8 Å². The van der Waals surface area contributed by atoms with Crippen LogP contribution >= 0.6 is 11.8 Å². The van der Waals surface area contributed by atoms with Crippen molar-refractivity contribution in [1.82, 2.24) is 24.9 Å². The van der Waals surface area contributed by atoms with Crippen LogP contribution in [0, 0.1) is 19.8 Å². The maximum atomic E-state index is 12.3. The monoisotopic (exact) mass is 389 g/mol. The molecule has 0 aliphatic heterocycles. The van der Waals surface area contributed by atoms with Crippen LogP contribution in [0.4, 0.5) is 0 Å². The standard InChI is InChI=1S/C20H31N5OS/c1-5-6-10-16-14(3)21-19-23-20(24-25(19)15(16)4)27-12-18(26)22-17-11-8-7-9-13(17)2/h13,17H,5-12H2,1-4H3,(H,22,26)/t13-,17+/m0/s1. The van der Waals surface area contributed by atoms with Gasteiger partial charge in [0.05, 0.1) is 5.75 Å². The fraction of sp³-hybridized carbons (Fsp3) is 0.700. The van der Waals surface area contributed by atoms with Gasteiger partial charge in [0.15, 0.2) is 0 Å². The van der Waals surface area contributed by atoms with E-state index < -0.39 is 0 Å². The Bertz CT molecular complexity index is 803. The summed E-state index contributed by atoms with van der Waals surface area (Å²) >= 11 is 1.39. The molecule has 1 aliphatic carbocycles. The van der Waals surface area contributed by atoms with E-state index in [1.54, 1.807) is 0 Å². The Kier molecular flexibility index (Phi) is 6.73. The minimum atomic E-state index is 0.0714. The summed E-state index contributed by atoms with van der Waals surface area (Å²) in [7, 11) is 0. The van der Waals surface area contributed by atoms with Gasteiger partial charge >= 0.3 is 0 Å². The molecule has 1 amide bonds. The topological polar surface area (TPSA) is 72.2 Å². The van der Waals surface area contributed by atoms with Crippen LogP contribution in [0.5, 0.6) is 0 Å². The van der Waals surface area contributed by atoms with Gasteiger partial charge in [0.2, 0.25) is 11.1 Å². The predicted octanol–water partition coefficient (Wildman–Crippen LogP) is 3.87. The maximum absolute atomic E-state index is 12.3. The number of fused-ring (bicyclic) bond motifs is 1. The third kappa shape index (κ3) is 4.81. The molecule has 1 saturated carbocycles. The van der Waals surface area contributed by atoms with Crippen LogP contribution in [-0.2, 0) is 11.2 Å². The zero-order valence-electron chi connectivity index (χ0n) is 16.9. The molecule has 1 fully saturated rings. The lowest BCUT2D eigenvalue weighted by Gasteiger charge is -2.29. The van der Waals surface area contributed by atoms with Crippen molar-refractivity contribution >= 4 is 23.4 Å². The van der Waals surface area contributed by atoms with Gasteiger partial charge in [-0.1, -0.05) is 44.9 Å². The lowest BCUT2D eigenvalue weighted by atomic mass is 9.86. The highest BCUT2D eigenvalue weighted by Gasteiger charge is 2.23. The van der Waals surface area contributed by atoms with Crippen LogP contribution in [0.2, 0.25) is 0 Å². The summed E-state index contributed by atoms with van der Waals surface area (Å²) in [6, 6.07) is 0.313. The largest absolute Gasteiger partial charge is 0.352 e. The molecule has 1 aliphatic rings. The molecule has 0 saturated heterocycles. The van der Waals surface area contributed by atoms with E-state index in [1.165, 1.54) is 36.6 Å². The van der Waals surface area contributed by atoms with Gasteiger partial charge < -0.3 is 5.32 Å². The van der Waals surface area contributed by atoms with Crippen LogP contribution < -0.4 is 5.32 Å². The first kappa shape index (κ1) is 20.1. The number of amides is 1. The average molecular weight is 390 g/mol. The summed E-state index contributed by atoms with van der Waals surface area (Å²) in [5, 5.41) is 8.38. The van der Waals surface area contributed by atoms with Gasteiger partial charge in [0.1, 0.15) is 0 Å². The molecular formula is C20H31N5OS. The highest BCUT2D eigenvalue weighted by Crippen LogP contribution is 2.24. The quantitative estimate of drug-likeness (QED) is 0.728. The fourth-order valence-electron chi connectivity index (χ4n) is 3.88. The average Bonchev–Trinajstić information content (AvgIpc) is 3.05. The molecular weight excluding hydrogens is 358 g/mol. The number of rotatable bonds is 7.